The molecule has 0 aliphatic carbocycles. The molecule has 5 heteroatoms. The minimum absolute atomic E-state index is 0.135. The second kappa shape index (κ2) is 8.10. The van der Waals surface area contributed by atoms with Crippen molar-refractivity contribution in [1.29, 1.82) is 0 Å². The smallest absolute Gasteiger partial charge is 0.308 e. The van der Waals surface area contributed by atoms with Crippen LogP contribution in [0.5, 0.6) is 0 Å². The summed E-state index contributed by atoms with van der Waals surface area (Å²) < 4.78 is 0. The minimum Gasteiger partial charge on any atom is -0.481 e. The first-order valence-electron chi connectivity index (χ1n) is 5.77. The van der Waals surface area contributed by atoms with Crippen LogP contribution in [0.2, 0.25) is 0 Å². The van der Waals surface area contributed by atoms with Gasteiger partial charge in [-0.15, -0.1) is 0 Å². The lowest BCUT2D eigenvalue weighted by Crippen LogP contribution is -2.39. The summed E-state index contributed by atoms with van der Waals surface area (Å²) in [6.07, 6.45) is 2.15. The molecule has 0 fully saturated rings. The van der Waals surface area contributed by atoms with Crippen LogP contribution < -0.4 is 11.1 Å². The van der Waals surface area contributed by atoms with E-state index in [1.165, 1.54) is 0 Å². The molecule has 94 valence electrons. The van der Waals surface area contributed by atoms with Crippen molar-refractivity contribution in [3.8, 4) is 0 Å². The van der Waals surface area contributed by atoms with Gasteiger partial charge in [-0.3, -0.25) is 9.59 Å². The van der Waals surface area contributed by atoms with E-state index in [4.69, 9.17) is 10.8 Å². The zero-order valence-electron chi connectivity index (χ0n) is 10.0. The molecule has 2 unspecified atom stereocenters. The molecule has 0 aromatic carbocycles. The summed E-state index contributed by atoms with van der Waals surface area (Å²) in [7, 11) is 0. The van der Waals surface area contributed by atoms with Gasteiger partial charge in [0, 0.05) is 13.1 Å². The summed E-state index contributed by atoms with van der Waals surface area (Å²) in [5.74, 6) is -1.72. The maximum Gasteiger partial charge on any atom is 0.308 e. The molecule has 1 amide bonds. The minimum atomic E-state index is -0.873. The summed E-state index contributed by atoms with van der Waals surface area (Å²) in [6.45, 7) is 4.27. The molecule has 0 aliphatic heterocycles. The van der Waals surface area contributed by atoms with E-state index < -0.39 is 11.9 Å². The van der Waals surface area contributed by atoms with Crippen LogP contribution in [-0.4, -0.2) is 30.1 Å². The van der Waals surface area contributed by atoms with Gasteiger partial charge < -0.3 is 16.2 Å². The molecular formula is C11H22N2O3. The predicted octanol–water partition coefficient (Wildman–Crippen LogP) is 0.588. The van der Waals surface area contributed by atoms with E-state index >= 15 is 0 Å². The first-order valence-corrected chi connectivity index (χ1v) is 5.77. The summed E-state index contributed by atoms with van der Waals surface area (Å²) in [5, 5.41) is 11.5. The summed E-state index contributed by atoms with van der Waals surface area (Å²) in [4.78, 5) is 22.4. The number of carboxylic acids is 1. The van der Waals surface area contributed by atoms with Crippen LogP contribution in [0.25, 0.3) is 0 Å². The number of hydrogen-bond acceptors (Lipinski definition) is 3. The van der Waals surface area contributed by atoms with Crippen LogP contribution >= 0.6 is 0 Å². The van der Waals surface area contributed by atoms with Gasteiger partial charge in [0.25, 0.3) is 0 Å². The van der Waals surface area contributed by atoms with Crippen molar-refractivity contribution in [2.24, 2.45) is 17.6 Å². The highest BCUT2D eigenvalue weighted by molar-refractivity contribution is 5.79. The normalized spacial score (nSPS) is 14.2. The molecule has 0 saturated heterocycles. The Bertz CT molecular complexity index is 231. The van der Waals surface area contributed by atoms with E-state index in [1.54, 1.807) is 6.92 Å². The number of hydrogen-bond donors (Lipinski definition) is 3. The van der Waals surface area contributed by atoms with Gasteiger partial charge in [0.1, 0.15) is 0 Å². The van der Waals surface area contributed by atoms with Gasteiger partial charge in [0.05, 0.1) is 11.8 Å². The number of nitrogens with two attached hydrogens (primary N) is 1. The maximum absolute atomic E-state index is 11.6. The average Bonchev–Trinajstić information content (AvgIpc) is 2.25. The first-order chi connectivity index (χ1) is 7.56. The summed E-state index contributed by atoms with van der Waals surface area (Å²) in [5.41, 5.74) is 5.48. The van der Waals surface area contributed by atoms with Gasteiger partial charge >= 0.3 is 5.97 Å². The van der Waals surface area contributed by atoms with E-state index in [0.717, 1.165) is 12.8 Å². The number of rotatable bonds is 8. The Morgan fingerprint density at radius 3 is 2.31 bits per heavy atom. The lowest BCUT2D eigenvalue weighted by atomic mass is 10.0. The first kappa shape index (κ1) is 14.9. The molecule has 0 saturated carbocycles. The van der Waals surface area contributed by atoms with Gasteiger partial charge in [0.15, 0.2) is 0 Å². The summed E-state index contributed by atoms with van der Waals surface area (Å²) >= 11 is 0. The molecule has 0 bridgehead atoms. The van der Waals surface area contributed by atoms with Crippen molar-refractivity contribution >= 4 is 11.9 Å². The molecule has 5 nitrogen and oxygen atoms in total. The van der Waals surface area contributed by atoms with Gasteiger partial charge in [-0.05, 0) is 12.8 Å². The summed E-state index contributed by atoms with van der Waals surface area (Å²) in [6, 6.07) is 0. The molecule has 0 heterocycles. The molecule has 16 heavy (non-hydrogen) atoms. The van der Waals surface area contributed by atoms with Crippen LogP contribution in [0, 0.1) is 11.8 Å². The Morgan fingerprint density at radius 2 is 1.94 bits per heavy atom. The Kier molecular flexibility index (Phi) is 7.54. The lowest BCUT2D eigenvalue weighted by molar-refractivity contribution is -0.141. The Labute approximate surface area is 96.4 Å². The number of nitrogens with one attached hydrogen (secondary N) is 1. The number of aliphatic carboxylic acids is 1. The zero-order chi connectivity index (χ0) is 12.6. The van der Waals surface area contributed by atoms with Crippen molar-refractivity contribution in [3.05, 3.63) is 0 Å². The highest BCUT2D eigenvalue weighted by Crippen LogP contribution is 2.06. The fourth-order valence-electron chi connectivity index (χ4n) is 1.48. The highest BCUT2D eigenvalue weighted by Gasteiger charge is 2.19. The standard InChI is InChI=1S/C11H22N2O3/c1-3-5-9(6-12)10(14)13-7-8(4-2)11(15)16/h8-9H,3-7,12H2,1-2H3,(H,13,14)(H,15,16). The topological polar surface area (TPSA) is 92.4 Å². The highest BCUT2D eigenvalue weighted by atomic mass is 16.4. The number of carboxylic acid groups (broad SMARTS) is 1. The quantitative estimate of drug-likeness (QED) is 0.569. The molecule has 0 spiro atoms. The van der Waals surface area contributed by atoms with E-state index in [-0.39, 0.29) is 18.4 Å². The van der Waals surface area contributed by atoms with E-state index in [0.29, 0.717) is 13.0 Å². The SMILES string of the molecule is CCCC(CN)C(=O)NCC(CC)C(=O)O. The van der Waals surface area contributed by atoms with Gasteiger partial charge in [-0.2, -0.15) is 0 Å². The van der Waals surface area contributed by atoms with Crippen molar-refractivity contribution in [3.63, 3.8) is 0 Å². The molecule has 0 aliphatic rings. The molecule has 0 radical (unpaired) electrons. The third-order valence-electron chi connectivity index (χ3n) is 2.66. The Hall–Kier alpha value is -1.10. The van der Waals surface area contributed by atoms with E-state index in [2.05, 4.69) is 5.32 Å². The van der Waals surface area contributed by atoms with E-state index in [9.17, 15) is 9.59 Å². The Morgan fingerprint density at radius 1 is 1.31 bits per heavy atom. The lowest BCUT2D eigenvalue weighted by Gasteiger charge is -2.16. The van der Waals surface area contributed by atoms with E-state index in [1.807, 2.05) is 6.92 Å². The predicted molar refractivity (Wildman–Crippen MR) is 61.9 cm³/mol. The zero-order valence-corrected chi connectivity index (χ0v) is 10.0. The molecule has 0 aromatic heterocycles. The Balaban J connectivity index is 4.07. The van der Waals surface area contributed by atoms with Crippen LogP contribution in [0.1, 0.15) is 33.1 Å². The molecule has 4 N–H and O–H groups in total. The van der Waals surface area contributed by atoms with Gasteiger partial charge in [-0.1, -0.05) is 20.3 Å². The monoisotopic (exact) mass is 230 g/mol. The largest absolute Gasteiger partial charge is 0.481 e. The molecule has 2 atom stereocenters. The van der Waals surface area contributed by atoms with Crippen molar-refractivity contribution in [2.75, 3.05) is 13.1 Å². The number of carbonyl (C=O) groups is 2. The second-order valence-electron chi connectivity index (χ2n) is 3.91. The van der Waals surface area contributed by atoms with Gasteiger partial charge in [0.2, 0.25) is 5.91 Å². The van der Waals surface area contributed by atoms with Gasteiger partial charge in [-0.25, -0.2) is 0 Å². The van der Waals surface area contributed by atoms with Crippen molar-refractivity contribution in [2.45, 2.75) is 33.1 Å². The maximum atomic E-state index is 11.6. The van der Waals surface area contributed by atoms with Crippen LogP contribution in [-0.2, 0) is 9.59 Å². The van der Waals surface area contributed by atoms with Crippen molar-refractivity contribution in [1.82, 2.24) is 5.32 Å². The number of carbonyl (C=O) groups excluding carboxylic acids is 1. The van der Waals surface area contributed by atoms with Crippen LogP contribution in [0.4, 0.5) is 0 Å². The van der Waals surface area contributed by atoms with Crippen LogP contribution in [0.15, 0.2) is 0 Å². The molecule has 0 aromatic rings. The molecule has 0 rings (SSSR count). The third kappa shape index (κ3) is 5.11. The van der Waals surface area contributed by atoms with Crippen LogP contribution in [0.3, 0.4) is 0 Å². The fourth-order valence-corrected chi connectivity index (χ4v) is 1.48. The fraction of sp³-hybridized carbons (Fsp3) is 0.818. The average molecular weight is 230 g/mol. The molecular weight excluding hydrogens is 208 g/mol. The van der Waals surface area contributed by atoms with Crippen molar-refractivity contribution < 1.29 is 14.7 Å². The second-order valence-corrected chi connectivity index (χ2v) is 3.91. The number of amides is 1. The third-order valence-corrected chi connectivity index (χ3v) is 2.66.